The van der Waals surface area contributed by atoms with Gasteiger partial charge in [-0.25, -0.2) is 0 Å². The first-order valence-electron chi connectivity index (χ1n) is 5.48. The minimum Gasteiger partial charge on any atom is -0.489 e. The van der Waals surface area contributed by atoms with Crippen LogP contribution < -0.4 is 10.1 Å². The number of halogens is 4. The van der Waals surface area contributed by atoms with Gasteiger partial charge in [-0.3, -0.25) is 0 Å². The van der Waals surface area contributed by atoms with E-state index in [-0.39, 0.29) is 12.6 Å². The Morgan fingerprint density at radius 2 is 2.06 bits per heavy atom. The first-order valence-corrected chi connectivity index (χ1v) is 5.86. The highest BCUT2D eigenvalue weighted by atomic mass is 35.5. The molecule has 0 radical (unpaired) electrons. The number of nitrogens with one attached hydrogen (secondary N) is 1. The van der Waals surface area contributed by atoms with Gasteiger partial charge in [0, 0.05) is 11.6 Å². The summed E-state index contributed by atoms with van der Waals surface area (Å²) in [5, 5.41) is 2.83. The number of benzene rings is 1. The Balaban J connectivity index is 2.44. The van der Waals surface area contributed by atoms with Crippen LogP contribution >= 0.6 is 11.6 Å². The van der Waals surface area contributed by atoms with Crippen molar-refractivity contribution < 1.29 is 17.9 Å². The summed E-state index contributed by atoms with van der Waals surface area (Å²) in [5.41, 5.74) is 0.891. The lowest BCUT2D eigenvalue weighted by molar-refractivity contribution is -0.125. The molecular weight excluding hydrogens is 267 g/mol. The van der Waals surface area contributed by atoms with E-state index in [1.165, 1.54) is 0 Å². The highest BCUT2D eigenvalue weighted by Gasteiger charge is 2.26. The van der Waals surface area contributed by atoms with Crippen LogP contribution in [0, 0.1) is 6.92 Å². The van der Waals surface area contributed by atoms with Gasteiger partial charge in [0.2, 0.25) is 0 Å². The minimum atomic E-state index is -4.20. The molecular formula is C12H15ClF3NO. The lowest BCUT2D eigenvalue weighted by Crippen LogP contribution is -2.35. The van der Waals surface area contributed by atoms with Crippen molar-refractivity contribution in [3.63, 3.8) is 0 Å². The van der Waals surface area contributed by atoms with Crippen LogP contribution in [0.2, 0.25) is 5.02 Å². The summed E-state index contributed by atoms with van der Waals surface area (Å²) in [5.74, 6) is 0.587. The number of ether oxygens (including phenoxy) is 1. The molecule has 1 aromatic carbocycles. The standard InChI is InChI=1S/C12H15ClF3NO/c1-8-3-4-10(13)5-11(8)18-9(2)6-17-7-12(14,15)16/h3-5,9,17H,6-7H2,1-2H3. The Labute approximate surface area is 109 Å². The van der Waals surface area contributed by atoms with Crippen molar-refractivity contribution in [1.29, 1.82) is 0 Å². The van der Waals surface area contributed by atoms with E-state index < -0.39 is 12.7 Å². The molecule has 0 aromatic heterocycles. The fourth-order valence-corrected chi connectivity index (χ4v) is 1.54. The van der Waals surface area contributed by atoms with Crippen molar-refractivity contribution in [2.24, 2.45) is 0 Å². The third-order valence-electron chi connectivity index (χ3n) is 2.24. The molecule has 0 saturated heterocycles. The van der Waals surface area contributed by atoms with E-state index in [9.17, 15) is 13.2 Å². The molecule has 0 bridgehead atoms. The fourth-order valence-electron chi connectivity index (χ4n) is 1.38. The van der Waals surface area contributed by atoms with Crippen molar-refractivity contribution in [2.75, 3.05) is 13.1 Å². The monoisotopic (exact) mass is 281 g/mol. The summed E-state index contributed by atoms with van der Waals surface area (Å²) < 4.78 is 41.3. The Bertz CT molecular complexity index is 395. The first-order chi connectivity index (χ1) is 8.28. The van der Waals surface area contributed by atoms with Gasteiger partial charge in [0.05, 0.1) is 6.54 Å². The Morgan fingerprint density at radius 1 is 1.39 bits per heavy atom. The van der Waals surface area contributed by atoms with Crippen LogP contribution in [0.1, 0.15) is 12.5 Å². The molecule has 1 atom stereocenters. The van der Waals surface area contributed by atoms with Crippen molar-refractivity contribution in [3.8, 4) is 5.75 Å². The largest absolute Gasteiger partial charge is 0.489 e. The smallest absolute Gasteiger partial charge is 0.401 e. The normalized spacial score (nSPS) is 13.4. The molecule has 1 aromatic rings. The molecule has 102 valence electrons. The molecule has 0 spiro atoms. The van der Waals surface area contributed by atoms with Gasteiger partial charge in [-0.15, -0.1) is 0 Å². The van der Waals surface area contributed by atoms with Crippen LogP contribution in [-0.4, -0.2) is 25.4 Å². The molecule has 0 saturated carbocycles. The summed E-state index contributed by atoms with van der Waals surface area (Å²) >= 11 is 5.82. The van der Waals surface area contributed by atoms with E-state index in [2.05, 4.69) is 5.32 Å². The van der Waals surface area contributed by atoms with Crippen LogP contribution in [0.25, 0.3) is 0 Å². The number of aryl methyl sites for hydroxylation is 1. The number of rotatable bonds is 5. The second-order valence-corrected chi connectivity index (χ2v) is 4.52. The van der Waals surface area contributed by atoms with E-state index in [0.29, 0.717) is 10.8 Å². The third-order valence-corrected chi connectivity index (χ3v) is 2.47. The van der Waals surface area contributed by atoms with Gasteiger partial charge in [0.1, 0.15) is 11.9 Å². The van der Waals surface area contributed by atoms with Crippen LogP contribution in [-0.2, 0) is 0 Å². The first kappa shape index (κ1) is 15.1. The van der Waals surface area contributed by atoms with Gasteiger partial charge in [-0.05, 0) is 31.5 Å². The Morgan fingerprint density at radius 3 is 2.67 bits per heavy atom. The molecule has 2 nitrogen and oxygen atoms in total. The van der Waals surface area contributed by atoms with Gasteiger partial charge in [0.25, 0.3) is 0 Å². The topological polar surface area (TPSA) is 21.3 Å². The van der Waals surface area contributed by atoms with Gasteiger partial charge in [-0.2, -0.15) is 13.2 Å². The second kappa shape index (κ2) is 6.29. The molecule has 18 heavy (non-hydrogen) atoms. The second-order valence-electron chi connectivity index (χ2n) is 4.08. The molecule has 1 N–H and O–H groups in total. The summed E-state index contributed by atoms with van der Waals surface area (Å²) in [6.45, 7) is 2.64. The van der Waals surface area contributed by atoms with E-state index in [1.807, 2.05) is 6.92 Å². The lowest BCUT2D eigenvalue weighted by Gasteiger charge is -2.17. The van der Waals surface area contributed by atoms with Crippen molar-refractivity contribution in [1.82, 2.24) is 5.32 Å². The van der Waals surface area contributed by atoms with E-state index in [1.54, 1.807) is 25.1 Å². The van der Waals surface area contributed by atoms with Crippen molar-refractivity contribution in [2.45, 2.75) is 26.1 Å². The maximum absolute atomic E-state index is 11.9. The van der Waals surface area contributed by atoms with Crippen LogP contribution in [0.15, 0.2) is 18.2 Å². The average molecular weight is 282 g/mol. The van der Waals surface area contributed by atoms with Gasteiger partial charge < -0.3 is 10.1 Å². The average Bonchev–Trinajstić information content (AvgIpc) is 2.21. The highest BCUT2D eigenvalue weighted by molar-refractivity contribution is 6.30. The maximum atomic E-state index is 11.9. The van der Waals surface area contributed by atoms with Gasteiger partial charge in [-0.1, -0.05) is 17.7 Å². The zero-order valence-electron chi connectivity index (χ0n) is 10.1. The van der Waals surface area contributed by atoms with Crippen LogP contribution in [0.5, 0.6) is 5.75 Å². The summed E-state index contributed by atoms with van der Waals surface area (Å²) in [4.78, 5) is 0. The summed E-state index contributed by atoms with van der Waals surface area (Å²) in [6, 6.07) is 5.18. The zero-order chi connectivity index (χ0) is 13.8. The van der Waals surface area contributed by atoms with Gasteiger partial charge >= 0.3 is 6.18 Å². The van der Waals surface area contributed by atoms with Gasteiger partial charge in [0.15, 0.2) is 0 Å². The molecule has 0 fully saturated rings. The van der Waals surface area contributed by atoms with Crippen LogP contribution in [0.3, 0.4) is 0 Å². The SMILES string of the molecule is Cc1ccc(Cl)cc1OC(C)CNCC(F)(F)F. The zero-order valence-corrected chi connectivity index (χ0v) is 10.9. The van der Waals surface area contributed by atoms with E-state index >= 15 is 0 Å². The summed E-state index contributed by atoms with van der Waals surface area (Å²) in [7, 11) is 0. The highest BCUT2D eigenvalue weighted by Crippen LogP contribution is 2.23. The molecule has 0 heterocycles. The fraction of sp³-hybridized carbons (Fsp3) is 0.500. The maximum Gasteiger partial charge on any atom is 0.401 e. The molecule has 0 aliphatic carbocycles. The van der Waals surface area contributed by atoms with Crippen molar-refractivity contribution >= 4 is 11.6 Å². The quantitative estimate of drug-likeness (QED) is 0.891. The van der Waals surface area contributed by atoms with Crippen molar-refractivity contribution in [3.05, 3.63) is 28.8 Å². The third kappa shape index (κ3) is 5.60. The molecule has 0 aliphatic rings. The molecule has 0 amide bonds. The summed E-state index contributed by atoms with van der Waals surface area (Å²) in [6.07, 6.45) is -4.57. The Kier molecular flexibility index (Phi) is 5.28. The minimum absolute atomic E-state index is 0.117. The van der Waals surface area contributed by atoms with E-state index in [4.69, 9.17) is 16.3 Å². The number of hydrogen-bond acceptors (Lipinski definition) is 2. The predicted molar refractivity (Wildman–Crippen MR) is 65.2 cm³/mol. The molecule has 0 aliphatic heterocycles. The molecule has 1 unspecified atom stereocenters. The number of hydrogen-bond donors (Lipinski definition) is 1. The van der Waals surface area contributed by atoms with Crippen LogP contribution in [0.4, 0.5) is 13.2 Å². The number of alkyl halides is 3. The molecule has 6 heteroatoms. The molecule has 1 rings (SSSR count). The predicted octanol–water partition coefficient (Wildman–Crippen LogP) is 3.57. The lowest BCUT2D eigenvalue weighted by atomic mass is 10.2. The van der Waals surface area contributed by atoms with E-state index in [0.717, 1.165) is 5.56 Å². The Hall–Kier alpha value is -0.940.